The van der Waals surface area contributed by atoms with Crippen molar-refractivity contribution in [2.24, 2.45) is 0 Å². The molecule has 1 fully saturated rings. The second-order valence-electron chi connectivity index (χ2n) is 6.23. The highest BCUT2D eigenvalue weighted by molar-refractivity contribution is 7.91. The van der Waals surface area contributed by atoms with Gasteiger partial charge in [-0.1, -0.05) is 11.6 Å². The SMILES string of the molecule is CCN(C(=O)COC(=O)c1cc(S(C)(=O)=O)ccc1Cl)C1CCS(=O)(=O)C1. The van der Waals surface area contributed by atoms with Gasteiger partial charge < -0.3 is 9.64 Å². The molecule has 11 heteroatoms. The Bertz CT molecular complexity index is 957. The Labute approximate surface area is 163 Å². The monoisotopic (exact) mass is 437 g/mol. The summed E-state index contributed by atoms with van der Waals surface area (Å²) in [4.78, 5) is 25.8. The van der Waals surface area contributed by atoms with E-state index in [1.807, 2.05) is 0 Å². The quantitative estimate of drug-likeness (QED) is 0.608. The zero-order valence-corrected chi connectivity index (χ0v) is 17.2. The first-order chi connectivity index (χ1) is 12.4. The number of carbonyl (C=O) groups is 2. The number of hydrogen-bond acceptors (Lipinski definition) is 7. The van der Waals surface area contributed by atoms with Crippen LogP contribution in [0.1, 0.15) is 23.7 Å². The predicted molar refractivity (Wildman–Crippen MR) is 99.3 cm³/mol. The van der Waals surface area contributed by atoms with Crippen molar-refractivity contribution in [2.75, 3.05) is 30.9 Å². The molecule has 0 bridgehead atoms. The van der Waals surface area contributed by atoms with Crippen LogP contribution in [-0.2, 0) is 29.2 Å². The molecule has 1 unspecified atom stereocenters. The van der Waals surface area contributed by atoms with Crippen LogP contribution in [0, 0.1) is 0 Å². The van der Waals surface area contributed by atoms with E-state index in [0.29, 0.717) is 6.42 Å². The molecular formula is C16H20ClNO7S2. The number of esters is 1. The average molecular weight is 438 g/mol. The Balaban J connectivity index is 2.07. The molecule has 1 amide bonds. The van der Waals surface area contributed by atoms with Crippen molar-refractivity contribution in [3.8, 4) is 0 Å². The van der Waals surface area contributed by atoms with Crippen LogP contribution < -0.4 is 0 Å². The molecule has 1 aromatic rings. The predicted octanol–water partition coefficient (Wildman–Crippen LogP) is 0.936. The van der Waals surface area contributed by atoms with Gasteiger partial charge in [0.2, 0.25) is 0 Å². The summed E-state index contributed by atoms with van der Waals surface area (Å²) in [5.41, 5.74) is -0.168. The van der Waals surface area contributed by atoms with E-state index in [1.165, 1.54) is 17.0 Å². The topological polar surface area (TPSA) is 115 Å². The number of rotatable bonds is 6. The van der Waals surface area contributed by atoms with Gasteiger partial charge in [-0.2, -0.15) is 0 Å². The van der Waals surface area contributed by atoms with Crippen molar-refractivity contribution in [3.63, 3.8) is 0 Å². The highest BCUT2D eigenvalue weighted by Gasteiger charge is 2.34. The Hall–Kier alpha value is -1.65. The fraction of sp³-hybridized carbons (Fsp3) is 0.500. The fourth-order valence-electron chi connectivity index (χ4n) is 2.84. The van der Waals surface area contributed by atoms with Gasteiger partial charge in [0, 0.05) is 18.8 Å². The lowest BCUT2D eigenvalue weighted by Gasteiger charge is -2.26. The highest BCUT2D eigenvalue weighted by atomic mass is 35.5. The second-order valence-corrected chi connectivity index (χ2v) is 10.9. The largest absolute Gasteiger partial charge is 0.452 e. The van der Waals surface area contributed by atoms with E-state index in [1.54, 1.807) is 6.92 Å². The van der Waals surface area contributed by atoms with Crippen LogP contribution in [0.5, 0.6) is 0 Å². The smallest absolute Gasteiger partial charge is 0.340 e. The lowest BCUT2D eigenvalue weighted by atomic mass is 10.2. The molecule has 1 heterocycles. The third-order valence-electron chi connectivity index (χ3n) is 4.22. The molecule has 1 atom stereocenters. The molecule has 1 aromatic carbocycles. The Morgan fingerprint density at radius 1 is 1.33 bits per heavy atom. The fourth-order valence-corrected chi connectivity index (χ4v) is 5.41. The van der Waals surface area contributed by atoms with Crippen molar-refractivity contribution in [2.45, 2.75) is 24.3 Å². The third-order valence-corrected chi connectivity index (χ3v) is 7.41. The van der Waals surface area contributed by atoms with Gasteiger partial charge in [0.25, 0.3) is 5.91 Å². The Morgan fingerprint density at radius 2 is 2.00 bits per heavy atom. The van der Waals surface area contributed by atoms with E-state index in [9.17, 15) is 26.4 Å². The Morgan fingerprint density at radius 3 is 2.52 bits per heavy atom. The van der Waals surface area contributed by atoms with Crippen LogP contribution in [0.4, 0.5) is 0 Å². The molecule has 27 heavy (non-hydrogen) atoms. The summed E-state index contributed by atoms with van der Waals surface area (Å²) in [7, 11) is -6.70. The number of hydrogen-bond donors (Lipinski definition) is 0. The molecule has 8 nitrogen and oxygen atoms in total. The maximum absolute atomic E-state index is 12.3. The van der Waals surface area contributed by atoms with Gasteiger partial charge in [0.15, 0.2) is 26.3 Å². The third kappa shape index (κ3) is 5.43. The number of ether oxygens (including phenoxy) is 1. The molecule has 1 saturated heterocycles. The van der Waals surface area contributed by atoms with Crippen molar-refractivity contribution in [1.82, 2.24) is 4.90 Å². The van der Waals surface area contributed by atoms with Crippen molar-refractivity contribution in [3.05, 3.63) is 28.8 Å². The molecule has 0 spiro atoms. The Kier molecular flexibility index (Phi) is 6.54. The summed E-state index contributed by atoms with van der Waals surface area (Å²) in [6, 6.07) is 3.17. The number of nitrogens with zero attached hydrogens (tertiary/aromatic N) is 1. The molecule has 1 aliphatic rings. The average Bonchev–Trinajstić information content (AvgIpc) is 2.92. The summed E-state index contributed by atoms with van der Waals surface area (Å²) >= 11 is 5.92. The maximum Gasteiger partial charge on any atom is 0.340 e. The lowest BCUT2D eigenvalue weighted by molar-refractivity contribution is -0.136. The molecule has 0 saturated carbocycles. The van der Waals surface area contributed by atoms with Crippen LogP contribution in [0.3, 0.4) is 0 Å². The van der Waals surface area contributed by atoms with Crippen LogP contribution in [0.25, 0.3) is 0 Å². The molecular weight excluding hydrogens is 418 g/mol. The van der Waals surface area contributed by atoms with Gasteiger partial charge >= 0.3 is 5.97 Å². The van der Waals surface area contributed by atoms with E-state index in [0.717, 1.165) is 12.3 Å². The van der Waals surface area contributed by atoms with E-state index >= 15 is 0 Å². The van der Waals surface area contributed by atoms with Crippen molar-refractivity contribution >= 4 is 43.2 Å². The van der Waals surface area contributed by atoms with Crippen LogP contribution in [0.15, 0.2) is 23.1 Å². The van der Waals surface area contributed by atoms with Crippen molar-refractivity contribution in [1.29, 1.82) is 0 Å². The minimum Gasteiger partial charge on any atom is -0.452 e. The first kappa shape index (κ1) is 21.6. The normalized spacial score (nSPS) is 18.9. The number of halogens is 1. The number of carbonyl (C=O) groups excluding carboxylic acids is 2. The van der Waals surface area contributed by atoms with Gasteiger partial charge in [0.1, 0.15) is 0 Å². The second kappa shape index (κ2) is 8.15. The van der Waals surface area contributed by atoms with Crippen LogP contribution in [-0.4, -0.2) is 70.6 Å². The summed E-state index contributed by atoms with van der Waals surface area (Å²) in [6.45, 7) is 1.39. The zero-order valence-electron chi connectivity index (χ0n) is 14.8. The number of sulfone groups is 2. The molecule has 1 aliphatic heterocycles. The molecule has 0 N–H and O–H groups in total. The number of amides is 1. The first-order valence-electron chi connectivity index (χ1n) is 8.11. The number of benzene rings is 1. The first-order valence-corrected chi connectivity index (χ1v) is 12.2. The van der Waals surface area contributed by atoms with Crippen LogP contribution in [0.2, 0.25) is 5.02 Å². The highest BCUT2D eigenvalue weighted by Crippen LogP contribution is 2.22. The molecule has 150 valence electrons. The summed E-state index contributed by atoms with van der Waals surface area (Å²) < 4.78 is 51.4. The molecule has 0 aliphatic carbocycles. The van der Waals surface area contributed by atoms with E-state index in [4.69, 9.17) is 16.3 Å². The van der Waals surface area contributed by atoms with Crippen LogP contribution >= 0.6 is 11.6 Å². The minimum atomic E-state index is -3.54. The van der Waals surface area contributed by atoms with E-state index in [2.05, 4.69) is 0 Å². The zero-order chi connectivity index (χ0) is 20.4. The molecule has 2 rings (SSSR count). The van der Waals surface area contributed by atoms with E-state index in [-0.39, 0.29) is 33.5 Å². The van der Waals surface area contributed by atoms with Crippen molar-refractivity contribution < 1.29 is 31.2 Å². The minimum absolute atomic E-state index is 0.00548. The maximum atomic E-state index is 12.3. The summed E-state index contributed by atoms with van der Waals surface area (Å²) in [6.07, 6.45) is 1.34. The lowest BCUT2D eigenvalue weighted by Crippen LogP contribution is -2.43. The van der Waals surface area contributed by atoms with E-state index < -0.39 is 44.2 Å². The van der Waals surface area contributed by atoms with Gasteiger partial charge in [-0.25, -0.2) is 21.6 Å². The standard InChI is InChI=1S/C16H20ClNO7S2/c1-3-18(11-6-7-27(23,24)10-11)15(19)9-25-16(20)13-8-12(26(2,21)22)4-5-14(13)17/h4-5,8,11H,3,6-7,9-10H2,1-2H3. The van der Waals surface area contributed by atoms with Gasteiger partial charge in [-0.05, 0) is 31.5 Å². The van der Waals surface area contributed by atoms with Gasteiger partial charge in [0.05, 0.1) is 27.0 Å². The molecule has 0 aromatic heterocycles. The number of likely N-dealkylation sites (N-methyl/N-ethyl adjacent to an activating group) is 1. The summed E-state index contributed by atoms with van der Waals surface area (Å²) in [5.74, 6) is -1.55. The summed E-state index contributed by atoms with van der Waals surface area (Å²) in [5, 5.41) is -0.00548. The molecule has 0 radical (unpaired) electrons. The van der Waals surface area contributed by atoms with Gasteiger partial charge in [-0.3, -0.25) is 4.79 Å². The van der Waals surface area contributed by atoms with Gasteiger partial charge in [-0.15, -0.1) is 0 Å².